The average molecular weight is 294 g/mol. The van der Waals surface area contributed by atoms with Gasteiger partial charge in [-0.05, 0) is 31.0 Å². The molecule has 1 saturated carbocycles. The molecule has 2 atom stereocenters. The smallest absolute Gasteiger partial charge is 0.391 e. The van der Waals surface area contributed by atoms with Gasteiger partial charge in [-0.25, -0.2) is 0 Å². The fourth-order valence-electron chi connectivity index (χ4n) is 2.29. The van der Waals surface area contributed by atoms with Gasteiger partial charge in [-0.2, -0.15) is 13.2 Å². The second kappa shape index (κ2) is 5.59. The number of aliphatic hydroxyl groups is 1. The van der Waals surface area contributed by atoms with E-state index in [0.29, 0.717) is 12.1 Å². The van der Waals surface area contributed by atoms with Gasteiger partial charge in [0, 0.05) is 0 Å². The Morgan fingerprint density at radius 2 is 1.89 bits per heavy atom. The van der Waals surface area contributed by atoms with E-state index in [9.17, 15) is 18.3 Å². The van der Waals surface area contributed by atoms with E-state index in [-0.39, 0.29) is 11.1 Å². The molecule has 2 nitrogen and oxygen atoms in total. The summed E-state index contributed by atoms with van der Waals surface area (Å²) in [5.74, 6) is 0. The second-order valence-electron chi connectivity index (χ2n) is 4.80. The first-order valence-electron chi connectivity index (χ1n) is 6.19. The molecule has 0 spiro atoms. The molecule has 6 heteroatoms. The first-order valence-corrected chi connectivity index (χ1v) is 6.57. The van der Waals surface area contributed by atoms with Crippen LogP contribution in [0.3, 0.4) is 0 Å². The summed E-state index contributed by atoms with van der Waals surface area (Å²) in [5, 5.41) is 12.9. The zero-order valence-corrected chi connectivity index (χ0v) is 10.9. The lowest BCUT2D eigenvalue weighted by Crippen LogP contribution is -2.36. The second-order valence-corrected chi connectivity index (χ2v) is 5.20. The normalized spacial score (nSPS) is 24.3. The summed E-state index contributed by atoms with van der Waals surface area (Å²) < 4.78 is 37.5. The van der Waals surface area contributed by atoms with Gasteiger partial charge in [-0.3, -0.25) is 0 Å². The minimum atomic E-state index is -4.40. The zero-order valence-electron chi connectivity index (χ0n) is 10.2. The van der Waals surface area contributed by atoms with Crippen molar-refractivity contribution in [3.05, 3.63) is 28.8 Å². The summed E-state index contributed by atoms with van der Waals surface area (Å²) in [5.41, 5.74) is -0.340. The molecule has 0 radical (unpaired) electrons. The number of alkyl halides is 3. The van der Waals surface area contributed by atoms with E-state index in [0.717, 1.165) is 31.4 Å². The Balaban J connectivity index is 2.13. The van der Waals surface area contributed by atoms with Crippen LogP contribution in [0.1, 0.15) is 31.2 Å². The van der Waals surface area contributed by atoms with Crippen molar-refractivity contribution in [3.63, 3.8) is 0 Å². The van der Waals surface area contributed by atoms with E-state index in [2.05, 4.69) is 5.32 Å². The fraction of sp³-hybridized carbons (Fsp3) is 0.538. The van der Waals surface area contributed by atoms with Crippen LogP contribution in [0.2, 0.25) is 5.02 Å². The minimum Gasteiger partial charge on any atom is -0.391 e. The highest BCUT2D eigenvalue weighted by atomic mass is 35.5. The third-order valence-electron chi connectivity index (χ3n) is 3.37. The van der Waals surface area contributed by atoms with Gasteiger partial charge < -0.3 is 10.4 Å². The van der Waals surface area contributed by atoms with Gasteiger partial charge >= 0.3 is 6.18 Å². The van der Waals surface area contributed by atoms with Crippen molar-refractivity contribution in [1.29, 1.82) is 0 Å². The van der Waals surface area contributed by atoms with Crippen LogP contribution in [0.15, 0.2) is 18.2 Å². The predicted molar refractivity (Wildman–Crippen MR) is 68.3 cm³/mol. The maximum absolute atomic E-state index is 12.5. The molecule has 106 valence electrons. The Morgan fingerprint density at radius 3 is 2.47 bits per heavy atom. The Kier molecular flexibility index (Phi) is 4.26. The quantitative estimate of drug-likeness (QED) is 0.861. The monoisotopic (exact) mass is 293 g/mol. The number of halogens is 4. The number of nitrogens with one attached hydrogen (secondary N) is 1. The van der Waals surface area contributed by atoms with E-state index in [1.165, 1.54) is 6.07 Å². The average Bonchev–Trinajstić information content (AvgIpc) is 2.33. The predicted octanol–water partition coefficient (Wildman–Crippen LogP) is 4.07. The van der Waals surface area contributed by atoms with Crippen LogP contribution in [0.25, 0.3) is 0 Å². The zero-order chi connectivity index (χ0) is 14.0. The molecule has 1 fully saturated rings. The van der Waals surface area contributed by atoms with Crippen molar-refractivity contribution in [3.8, 4) is 0 Å². The van der Waals surface area contributed by atoms with Gasteiger partial charge in [0.25, 0.3) is 0 Å². The van der Waals surface area contributed by atoms with Gasteiger partial charge in [0.2, 0.25) is 0 Å². The summed E-state index contributed by atoms with van der Waals surface area (Å²) in [6.07, 6.45) is -1.42. The Labute approximate surface area is 114 Å². The highest BCUT2D eigenvalue weighted by Crippen LogP contribution is 2.34. The van der Waals surface area contributed by atoms with E-state index < -0.39 is 17.8 Å². The molecule has 1 aliphatic rings. The minimum absolute atomic E-state index is 0.0209. The number of anilines is 1. The summed E-state index contributed by atoms with van der Waals surface area (Å²) in [4.78, 5) is 0. The highest BCUT2D eigenvalue weighted by Gasteiger charge is 2.31. The number of benzene rings is 1. The molecule has 0 aromatic heterocycles. The maximum Gasteiger partial charge on any atom is 0.416 e. The van der Waals surface area contributed by atoms with Crippen molar-refractivity contribution in [2.24, 2.45) is 0 Å². The summed E-state index contributed by atoms with van der Waals surface area (Å²) in [6, 6.07) is 3.05. The molecule has 1 aliphatic carbocycles. The summed E-state index contributed by atoms with van der Waals surface area (Å²) in [6.45, 7) is 0. The maximum atomic E-state index is 12.5. The topological polar surface area (TPSA) is 32.3 Å². The molecule has 0 saturated heterocycles. The van der Waals surface area contributed by atoms with Crippen LogP contribution >= 0.6 is 11.6 Å². The molecule has 19 heavy (non-hydrogen) atoms. The third kappa shape index (κ3) is 3.54. The lowest BCUT2D eigenvalue weighted by molar-refractivity contribution is -0.137. The van der Waals surface area contributed by atoms with Gasteiger partial charge in [-0.15, -0.1) is 0 Å². The van der Waals surface area contributed by atoms with Crippen molar-refractivity contribution < 1.29 is 18.3 Å². The van der Waals surface area contributed by atoms with E-state index >= 15 is 0 Å². The van der Waals surface area contributed by atoms with Crippen LogP contribution in [-0.4, -0.2) is 17.3 Å². The van der Waals surface area contributed by atoms with Gasteiger partial charge in [-0.1, -0.05) is 24.4 Å². The first-order chi connectivity index (χ1) is 8.88. The molecule has 2 N–H and O–H groups in total. The molecule has 1 aromatic rings. The summed E-state index contributed by atoms with van der Waals surface area (Å²) in [7, 11) is 0. The number of rotatable bonds is 2. The highest BCUT2D eigenvalue weighted by molar-refractivity contribution is 6.33. The first kappa shape index (κ1) is 14.5. The van der Waals surface area contributed by atoms with E-state index in [1.54, 1.807) is 0 Å². The van der Waals surface area contributed by atoms with Crippen molar-refractivity contribution in [2.75, 3.05) is 5.32 Å². The Bertz CT molecular complexity index is 450. The number of hydrogen-bond acceptors (Lipinski definition) is 2. The van der Waals surface area contributed by atoms with Gasteiger partial charge in [0.05, 0.1) is 28.4 Å². The SMILES string of the molecule is O[C@H]1CCCC[C@@H]1Nc1ccc(C(F)(F)F)cc1Cl. The van der Waals surface area contributed by atoms with Gasteiger partial charge in [0.15, 0.2) is 0 Å². The van der Waals surface area contributed by atoms with Crippen LogP contribution in [0.5, 0.6) is 0 Å². The van der Waals surface area contributed by atoms with Gasteiger partial charge in [0.1, 0.15) is 0 Å². The van der Waals surface area contributed by atoms with Crippen LogP contribution in [0.4, 0.5) is 18.9 Å². The number of aliphatic hydroxyl groups excluding tert-OH is 1. The molecule has 2 rings (SSSR count). The van der Waals surface area contributed by atoms with E-state index in [4.69, 9.17) is 11.6 Å². The molecule has 1 aromatic carbocycles. The third-order valence-corrected chi connectivity index (χ3v) is 3.68. The summed E-state index contributed by atoms with van der Waals surface area (Å²) >= 11 is 5.86. The number of hydrogen-bond donors (Lipinski definition) is 2. The van der Waals surface area contributed by atoms with Crippen LogP contribution in [-0.2, 0) is 6.18 Å². The van der Waals surface area contributed by atoms with Crippen molar-refractivity contribution >= 4 is 17.3 Å². The lowest BCUT2D eigenvalue weighted by atomic mass is 9.92. The van der Waals surface area contributed by atoms with E-state index in [1.807, 2.05) is 0 Å². The molecular weight excluding hydrogens is 279 g/mol. The lowest BCUT2D eigenvalue weighted by Gasteiger charge is -2.29. The molecule has 0 unspecified atom stereocenters. The molecule has 0 aliphatic heterocycles. The molecule has 0 heterocycles. The molecular formula is C13H15ClF3NO. The van der Waals surface area contributed by atoms with Crippen molar-refractivity contribution in [1.82, 2.24) is 0 Å². The fourth-order valence-corrected chi connectivity index (χ4v) is 2.52. The Morgan fingerprint density at radius 1 is 1.21 bits per heavy atom. The van der Waals surface area contributed by atoms with Crippen molar-refractivity contribution in [2.45, 2.75) is 44.0 Å². The Hall–Kier alpha value is -0.940. The molecule has 0 bridgehead atoms. The largest absolute Gasteiger partial charge is 0.416 e. The standard InChI is InChI=1S/C13H15ClF3NO/c14-9-7-8(13(15,16)17)5-6-10(9)18-11-3-1-2-4-12(11)19/h5-7,11-12,18-19H,1-4H2/t11-,12-/m0/s1. The van der Waals surface area contributed by atoms with Crippen LogP contribution in [0, 0.1) is 0 Å². The van der Waals surface area contributed by atoms with Crippen LogP contribution < -0.4 is 5.32 Å². The molecule has 0 amide bonds.